The number of carbonyl (C=O) groups excluding carboxylic acids is 4. The monoisotopic (exact) mass is 490 g/mol. The third kappa shape index (κ3) is 6.07. The number of anilines is 2. The normalized spacial score (nSPS) is 11.7. The summed E-state index contributed by atoms with van der Waals surface area (Å²) in [5.74, 6) is -1.37. The predicted molar refractivity (Wildman–Crippen MR) is 138 cm³/mol. The highest BCUT2D eigenvalue weighted by atomic mass is 16.5. The maximum Gasteiger partial charge on any atom is 0.333 e. The number of ether oxygens (including phenoxy) is 2. The van der Waals surface area contributed by atoms with Crippen LogP contribution in [0.2, 0.25) is 0 Å². The summed E-state index contributed by atoms with van der Waals surface area (Å²) in [5, 5.41) is 6.37. The zero-order valence-electron chi connectivity index (χ0n) is 20.6. The molecule has 0 heterocycles. The Hall–Kier alpha value is -4.20. The Balaban J connectivity index is 1.68. The van der Waals surface area contributed by atoms with Crippen molar-refractivity contribution in [1.29, 1.82) is 0 Å². The van der Waals surface area contributed by atoms with Gasteiger partial charge < -0.3 is 20.1 Å². The fourth-order valence-corrected chi connectivity index (χ4v) is 3.70. The van der Waals surface area contributed by atoms with E-state index in [1.54, 1.807) is 50.2 Å². The molecule has 2 aromatic carbocycles. The van der Waals surface area contributed by atoms with Gasteiger partial charge in [-0.1, -0.05) is 37.4 Å². The van der Waals surface area contributed by atoms with Gasteiger partial charge in [-0.15, -0.1) is 0 Å². The molecule has 0 atom stereocenters. The van der Waals surface area contributed by atoms with E-state index in [-0.39, 0.29) is 24.8 Å². The average Bonchev–Trinajstić information content (AvgIpc) is 2.86. The van der Waals surface area contributed by atoms with Gasteiger partial charge in [0.15, 0.2) is 11.6 Å². The van der Waals surface area contributed by atoms with Gasteiger partial charge in [0.05, 0.1) is 24.3 Å². The zero-order chi connectivity index (χ0) is 26.2. The molecule has 0 spiro atoms. The first kappa shape index (κ1) is 26.4. The van der Waals surface area contributed by atoms with Gasteiger partial charge in [0.2, 0.25) is 0 Å². The van der Waals surface area contributed by atoms with Gasteiger partial charge in [0.1, 0.15) is 0 Å². The summed E-state index contributed by atoms with van der Waals surface area (Å²) in [7, 11) is 0. The number of fused-ring (bicyclic) bond motifs is 2. The summed E-state index contributed by atoms with van der Waals surface area (Å²) in [6.07, 6.45) is 1.05. The third-order valence-electron chi connectivity index (χ3n) is 5.51. The molecular weight excluding hydrogens is 460 g/mol. The van der Waals surface area contributed by atoms with Gasteiger partial charge in [-0.2, -0.15) is 0 Å². The summed E-state index contributed by atoms with van der Waals surface area (Å²) < 4.78 is 10.2. The lowest BCUT2D eigenvalue weighted by Crippen LogP contribution is -2.24. The number of hydrogen-bond acceptors (Lipinski definition) is 8. The Kier molecular flexibility index (Phi) is 8.78. The number of rotatable bonds is 12. The van der Waals surface area contributed by atoms with Gasteiger partial charge in [0.25, 0.3) is 0 Å². The summed E-state index contributed by atoms with van der Waals surface area (Å²) in [6, 6.07) is 10.2. The van der Waals surface area contributed by atoms with Gasteiger partial charge in [-0.05, 0) is 38.8 Å². The van der Waals surface area contributed by atoms with Crippen molar-refractivity contribution in [3.63, 3.8) is 0 Å². The van der Waals surface area contributed by atoms with Crippen LogP contribution in [-0.2, 0) is 19.1 Å². The molecule has 188 valence electrons. The van der Waals surface area contributed by atoms with Crippen LogP contribution in [0.25, 0.3) is 0 Å². The van der Waals surface area contributed by atoms with Crippen LogP contribution in [0, 0.1) is 0 Å². The molecule has 0 aliphatic heterocycles. The Morgan fingerprint density at radius 2 is 1.11 bits per heavy atom. The van der Waals surface area contributed by atoms with E-state index in [9.17, 15) is 19.2 Å². The standard InChI is InChI=1S/C28H30N2O6/c1-17(2)27(33)35-15-7-13-29-21-11-5-9-19-23(21)25(31)20-10-6-12-22(24(20)26(19)32)30-14-8-16-36-28(34)18(3)4/h5-6,9-12,29-30H,1,3,7-8,13-16H2,2,4H3. The van der Waals surface area contributed by atoms with Crippen LogP contribution in [0.4, 0.5) is 11.4 Å². The van der Waals surface area contributed by atoms with Gasteiger partial charge >= 0.3 is 11.9 Å². The number of carbonyl (C=O) groups is 4. The smallest absolute Gasteiger partial charge is 0.333 e. The quantitative estimate of drug-likeness (QED) is 0.220. The molecule has 0 bridgehead atoms. The van der Waals surface area contributed by atoms with Crippen LogP contribution in [0.15, 0.2) is 60.7 Å². The lowest BCUT2D eigenvalue weighted by molar-refractivity contribution is -0.139. The average molecular weight is 491 g/mol. The van der Waals surface area contributed by atoms with Crippen LogP contribution in [0.5, 0.6) is 0 Å². The molecule has 8 heteroatoms. The molecule has 0 saturated carbocycles. The molecular formula is C28H30N2O6. The van der Waals surface area contributed by atoms with Crippen molar-refractivity contribution in [2.24, 2.45) is 0 Å². The zero-order valence-corrected chi connectivity index (χ0v) is 20.6. The van der Waals surface area contributed by atoms with E-state index in [4.69, 9.17) is 9.47 Å². The molecule has 1 aliphatic rings. The van der Waals surface area contributed by atoms with Crippen molar-refractivity contribution in [3.05, 3.63) is 83.0 Å². The van der Waals surface area contributed by atoms with Gasteiger partial charge in [0, 0.05) is 46.7 Å². The molecule has 1 aliphatic carbocycles. The first-order valence-corrected chi connectivity index (χ1v) is 11.7. The second-order valence-electron chi connectivity index (χ2n) is 8.51. The Morgan fingerprint density at radius 1 is 0.722 bits per heavy atom. The highest BCUT2D eigenvalue weighted by Crippen LogP contribution is 2.35. The summed E-state index contributed by atoms with van der Waals surface area (Å²) in [5.41, 5.74) is 3.11. The van der Waals surface area contributed by atoms with E-state index in [0.717, 1.165) is 0 Å². The van der Waals surface area contributed by atoms with E-state index in [1.165, 1.54) is 0 Å². The topological polar surface area (TPSA) is 111 Å². The molecule has 2 N–H and O–H groups in total. The lowest BCUT2D eigenvalue weighted by Gasteiger charge is -2.23. The van der Waals surface area contributed by atoms with Crippen molar-refractivity contribution >= 4 is 34.9 Å². The number of ketones is 2. The minimum Gasteiger partial charge on any atom is -0.462 e. The number of hydrogen-bond donors (Lipinski definition) is 2. The lowest BCUT2D eigenvalue weighted by atomic mass is 9.82. The molecule has 3 rings (SSSR count). The first-order valence-electron chi connectivity index (χ1n) is 11.7. The second-order valence-corrected chi connectivity index (χ2v) is 8.51. The maximum atomic E-state index is 13.4. The van der Waals surface area contributed by atoms with E-state index in [2.05, 4.69) is 23.8 Å². The Morgan fingerprint density at radius 3 is 1.47 bits per heavy atom. The molecule has 2 aromatic rings. The number of nitrogens with one attached hydrogen (secondary N) is 2. The molecule has 8 nitrogen and oxygen atoms in total. The highest BCUT2D eigenvalue weighted by Gasteiger charge is 2.33. The minimum absolute atomic E-state index is 0.213. The van der Waals surface area contributed by atoms with E-state index in [1.807, 2.05) is 0 Å². The van der Waals surface area contributed by atoms with Crippen molar-refractivity contribution in [2.75, 3.05) is 36.9 Å². The second kappa shape index (κ2) is 12.0. The highest BCUT2D eigenvalue weighted by molar-refractivity contribution is 6.31. The molecule has 0 saturated heterocycles. The minimum atomic E-state index is -0.443. The summed E-state index contributed by atoms with van der Waals surface area (Å²) >= 11 is 0. The molecule has 0 radical (unpaired) electrons. The first-order chi connectivity index (χ1) is 17.2. The predicted octanol–water partition coefficient (Wildman–Crippen LogP) is 4.30. The SMILES string of the molecule is C=C(C)C(=O)OCCCNc1cccc2c1C(=O)c1cccc(NCCCOC(=O)C(=C)C)c1C2=O. The summed E-state index contributed by atoms with van der Waals surface area (Å²) in [4.78, 5) is 49.8. The fourth-order valence-electron chi connectivity index (χ4n) is 3.70. The maximum absolute atomic E-state index is 13.4. The van der Waals surface area contributed by atoms with Crippen molar-refractivity contribution in [1.82, 2.24) is 0 Å². The molecule has 0 aromatic heterocycles. The van der Waals surface area contributed by atoms with Crippen molar-refractivity contribution in [3.8, 4) is 0 Å². The Labute approximate surface area is 210 Å². The fraction of sp³-hybridized carbons (Fsp3) is 0.286. The van der Waals surface area contributed by atoms with Gasteiger partial charge in [-0.3, -0.25) is 9.59 Å². The van der Waals surface area contributed by atoms with Gasteiger partial charge in [-0.25, -0.2) is 9.59 Å². The van der Waals surface area contributed by atoms with Crippen LogP contribution < -0.4 is 10.6 Å². The van der Waals surface area contributed by atoms with Crippen LogP contribution in [0.1, 0.15) is 58.5 Å². The molecule has 0 unspecified atom stereocenters. The van der Waals surface area contributed by atoms with E-state index < -0.39 is 11.9 Å². The van der Waals surface area contributed by atoms with E-state index in [0.29, 0.717) is 70.7 Å². The van der Waals surface area contributed by atoms with Crippen LogP contribution >= 0.6 is 0 Å². The third-order valence-corrected chi connectivity index (χ3v) is 5.51. The van der Waals surface area contributed by atoms with Crippen LogP contribution in [-0.4, -0.2) is 49.8 Å². The van der Waals surface area contributed by atoms with Crippen LogP contribution in [0.3, 0.4) is 0 Å². The number of benzene rings is 2. The van der Waals surface area contributed by atoms with Crippen molar-refractivity contribution < 1.29 is 28.7 Å². The molecule has 0 amide bonds. The molecule has 0 fully saturated rings. The Bertz CT molecular complexity index is 1140. The summed E-state index contributed by atoms with van der Waals surface area (Å²) in [6.45, 7) is 11.6. The van der Waals surface area contributed by atoms with Crippen molar-refractivity contribution in [2.45, 2.75) is 26.7 Å². The largest absolute Gasteiger partial charge is 0.462 e. The number of esters is 2. The van der Waals surface area contributed by atoms with E-state index >= 15 is 0 Å². The molecule has 36 heavy (non-hydrogen) atoms.